The fourth-order valence-electron chi connectivity index (χ4n) is 2.84. The SMILES string of the molecule is Cc1ccc(NC(=O)C=Cc2ccccc2Br)cc1S(=O)(=O)N1CCOCC1. The Morgan fingerprint density at radius 1 is 1.18 bits per heavy atom. The van der Waals surface area contributed by atoms with Crippen LogP contribution in [0.2, 0.25) is 0 Å². The smallest absolute Gasteiger partial charge is 0.248 e. The molecule has 6 nitrogen and oxygen atoms in total. The van der Waals surface area contributed by atoms with Crippen molar-refractivity contribution in [2.24, 2.45) is 0 Å². The van der Waals surface area contributed by atoms with Gasteiger partial charge in [-0.15, -0.1) is 0 Å². The zero-order valence-electron chi connectivity index (χ0n) is 15.4. The fraction of sp³-hybridized carbons (Fsp3) is 0.250. The molecule has 0 aliphatic carbocycles. The summed E-state index contributed by atoms with van der Waals surface area (Å²) in [6.45, 7) is 3.16. The van der Waals surface area contributed by atoms with Gasteiger partial charge < -0.3 is 10.1 Å². The molecule has 0 unspecified atom stereocenters. The summed E-state index contributed by atoms with van der Waals surface area (Å²) in [6.07, 6.45) is 3.11. The lowest BCUT2D eigenvalue weighted by molar-refractivity contribution is -0.111. The lowest BCUT2D eigenvalue weighted by atomic mass is 10.2. The van der Waals surface area contributed by atoms with Crippen LogP contribution in [-0.2, 0) is 19.6 Å². The van der Waals surface area contributed by atoms with Crippen molar-refractivity contribution in [2.75, 3.05) is 31.6 Å². The molecule has 1 heterocycles. The maximum atomic E-state index is 12.9. The van der Waals surface area contributed by atoms with E-state index < -0.39 is 10.0 Å². The Kier molecular flexibility index (Phi) is 6.66. The zero-order chi connectivity index (χ0) is 20.1. The van der Waals surface area contributed by atoms with E-state index in [1.54, 1.807) is 25.1 Å². The van der Waals surface area contributed by atoms with Gasteiger partial charge in [0.05, 0.1) is 18.1 Å². The third kappa shape index (κ3) is 4.88. The standard InChI is InChI=1S/C20H21BrN2O4S/c1-15-6-8-17(14-19(15)28(25,26)23-10-12-27-13-11-23)22-20(24)9-7-16-4-2-3-5-18(16)21/h2-9,14H,10-13H2,1H3,(H,22,24). The van der Waals surface area contributed by atoms with Gasteiger partial charge in [0.2, 0.25) is 15.9 Å². The molecule has 2 aromatic rings. The normalized spacial score (nSPS) is 15.6. The van der Waals surface area contributed by atoms with E-state index in [0.29, 0.717) is 37.6 Å². The van der Waals surface area contributed by atoms with E-state index in [2.05, 4.69) is 21.2 Å². The number of hydrogen-bond donors (Lipinski definition) is 1. The molecular weight excluding hydrogens is 444 g/mol. The van der Waals surface area contributed by atoms with E-state index >= 15 is 0 Å². The lowest BCUT2D eigenvalue weighted by Crippen LogP contribution is -2.40. The molecule has 1 N–H and O–H groups in total. The molecule has 1 fully saturated rings. The Hall–Kier alpha value is -2.00. The number of anilines is 1. The van der Waals surface area contributed by atoms with E-state index in [1.165, 1.54) is 16.4 Å². The van der Waals surface area contributed by atoms with Crippen LogP contribution in [-0.4, -0.2) is 44.9 Å². The van der Waals surface area contributed by atoms with Crippen molar-refractivity contribution >= 4 is 43.6 Å². The number of ether oxygens (including phenoxy) is 1. The number of hydrogen-bond acceptors (Lipinski definition) is 4. The molecule has 1 amide bonds. The Morgan fingerprint density at radius 3 is 2.61 bits per heavy atom. The van der Waals surface area contributed by atoms with Crippen molar-refractivity contribution in [3.8, 4) is 0 Å². The highest BCUT2D eigenvalue weighted by Crippen LogP contribution is 2.24. The third-order valence-corrected chi connectivity index (χ3v) is 7.13. The van der Waals surface area contributed by atoms with Crippen LogP contribution in [0, 0.1) is 6.92 Å². The van der Waals surface area contributed by atoms with Gasteiger partial charge in [0, 0.05) is 29.3 Å². The second-order valence-electron chi connectivity index (χ2n) is 6.34. The largest absolute Gasteiger partial charge is 0.379 e. The molecule has 0 aromatic heterocycles. The van der Waals surface area contributed by atoms with Gasteiger partial charge >= 0.3 is 0 Å². The average molecular weight is 465 g/mol. The van der Waals surface area contributed by atoms with Gasteiger partial charge in [-0.05, 0) is 42.3 Å². The summed E-state index contributed by atoms with van der Waals surface area (Å²) in [5.41, 5.74) is 1.93. The minimum Gasteiger partial charge on any atom is -0.379 e. The second-order valence-corrected chi connectivity index (χ2v) is 9.10. The first-order chi connectivity index (χ1) is 13.4. The monoisotopic (exact) mass is 464 g/mol. The van der Waals surface area contributed by atoms with Gasteiger partial charge in [-0.25, -0.2) is 8.42 Å². The van der Waals surface area contributed by atoms with Crippen LogP contribution in [0.5, 0.6) is 0 Å². The molecule has 1 aliphatic rings. The highest BCUT2D eigenvalue weighted by Gasteiger charge is 2.28. The number of nitrogens with one attached hydrogen (secondary N) is 1. The number of carbonyl (C=O) groups excluding carboxylic acids is 1. The first-order valence-corrected chi connectivity index (χ1v) is 11.0. The topological polar surface area (TPSA) is 75.7 Å². The van der Waals surface area contributed by atoms with Crippen LogP contribution in [0.15, 0.2) is 57.9 Å². The maximum absolute atomic E-state index is 12.9. The van der Waals surface area contributed by atoms with Gasteiger partial charge in [0.1, 0.15) is 0 Å². The number of rotatable bonds is 5. The van der Waals surface area contributed by atoms with E-state index in [1.807, 2.05) is 24.3 Å². The van der Waals surface area contributed by atoms with Crippen LogP contribution in [0.25, 0.3) is 6.08 Å². The minimum absolute atomic E-state index is 0.196. The first kappa shape index (κ1) is 20.7. The van der Waals surface area contributed by atoms with E-state index in [4.69, 9.17) is 4.74 Å². The van der Waals surface area contributed by atoms with Gasteiger partial charge in [0.25, 0.3) is 0 Å². The predicted molar refractivity (Wildman–Crippen MR) is 113 cm³/mol. The number of sulfonamides is 1. The minimum atomic E-state index is -3.63. The predicted octanol–water partition coefficient (Wildman–Crippen LogP) is 3.43. The highest BCUT2D eigenvalue weighted by molar-refractivity contribution is 9.10. The lowest BCUT2D eigenvalue weighted by Gasteiger charge is -2.26. The Labute approximate surface area is 173 Å². The van der Waals surface area contributed by atoms with Crippen LogP contribution < -0.4 is 5.32 Å². The van der Waals surface area contributed by atoms with Crippen molar-refractivity contribution in [3.63, 3.8) is 0 Å². The Morgan fingerprint density at radius 2 is 1.89 bits per heavy atom. The number of aryl methyl sites for hydroxylation is 1. The van der Waals surface area contributed by atoms with Gasteiger partial charge in [-0.1, -0.05) is 40.2 Å². The summed E-state index contributed by atoms with van der Waals surface area (Å²) >= 11 is 3.43. The van der Waals surface area contributed by atoms with Crippen LogP contribution in [0.4, 0.5) is 5.69 Å². The van der Waals surface area contributed by atoms with Gasteiger partial charge in [-0.3, -0.25) is 4.79 Å². The number of halogens is 1. The molecule has 8 heteroatoms. The van der Waals surface area contributed by atoms with Crippen LogP contribution in [0.3, 0.4) is 0 Å². The molecule has 148 valence electrons. The number of benzene rings is 2. The Balaban J connectivity index is 1.77. The zero-order valence-corrected chi connectivity index (χ0v) is 17.8. The molecule has 0 radical (unpaired) electrons. The number of carbonyl (C=O) groups is 1. The molecule has 0 atom stereocenters. The van der Waals surface area contributed by atoms with Crippen molar-refractivity contribution in [2.45, 2.75) is 11.8 Å². The van der Waals surface area contributed by atoms with Crippen molar-refractivity contribution in [1.29, 1.82) is 0 Å². The average Bonchev–Trinajstić information content (AvgIpc) is 2.69. The second kappa shape index (κ2) is 9.00. The molecule has 1 saturated heterocycles. The molecule has 0 bridgehead atoms. The number of morpholine rings is 1. The quantitative estimate of drug-likeness (QED) is 0.687. The molecule has 0 saturated carbocycles. The van der Waals surface area contributed by atoms with E-state index in [9.17, 15) is 13.2 Å². The maximum Gasteiger partial charge on any atom is 0.248 e. The van der Waals surface area contributed by atoms with E-state index in [0.717, 1.165) is 10.0 Å². The molecule has 1 aliphatic heterocycles. The van der Waals surface area contributed by atoms with Crippen LogP contribution >= 0.6 is 15.9 Å². The van der Waals surface area contributed by atoms with Crippen molar-refractivity contribution in [3.05, 3.63) is 64.1 Å². The summed E-state index contributed by atoms with van der Waals surface area (Å²) < 4.78 is 33.4. The van der Waals surface area contributed by atoms with Crippen LogP contribution in [0.1, 0.15) is 11.1 Å². The summed E-state index contributed by atoms with van der Waals surface area (Å²) in [5, 5.41) is 2.73. The van der Waals surface area contributed by atoms with Crippen molar-refractivity contribution < 1.29 is 17.9 Å². The van der Waals surface area contributed by atoms with E-state index in [-0.39, 0.29) is 10.8 Å². The molecule has 3 rings (SSSR count). The number of nitrogens with zero attached hydrogens (tertiary/aromatic N) is 1. The summed E-state index contributed by atoms with van der Waals surface area (Å²) in [5.74, 6) is -0.339. The molecule has 0 spiro atoms. The Bertz CT molecular complexity index is 999. The first-order valence-electron chi connectivity index (χ1n) is 8.80. The number of amides is 1. The van der Waals surface area contributed by atoms with Crippen molar-refractivity contribution in [1.82, 2.24) is 4.31 Å². The summed E-state index contributed by atoms with van der Waals surface area (Å²) in [7, 11) is -3.63. The third-order valence-electron chi connectivity index (χ3n) is 4.36. The van der Waals surface area contributed by atoms with Gasteiger partial charge in [-0.2, -0.15) is 4.31 Å². The molecule has 28 heavy (non-hydrogen) atoms. The summed E-state index contributed by atoms with van der Waals surface area (Å²) in [6, 6.07) is 12.4. The summed E-state index contributed by atoms with van der Waals surface area (Å²) in [4.78, 5) is 12.5. The molecule has 2 aromatic carbocycles. The van der Waals surface area contributed by atoms with Gasteiger partial charge in [0.15, 0.2) is 0 Å². The fourth-order valence-corrected chi connectivity index (χ4v) is 4.92. The highest BCUT2D eigenvalue weighted by atomic mass is 79.9. The molecular formula is C20H21BrN2O4S.